The second-order valence-corrected chi connectivity index (χ2v) is 4.92. The van der Waals surface area contributed by atoms with Gasteiger partial charge in [0.25, 0.3) is 0 Å². The van der Waals surface area contributed by atoms with Crippen molar-refractivity contribution in [3.8, 4) is 11.5 Å². The molecule has 5 nitrogen and oxygen atoms in total. The predicted octanol–water partition coefficient (Wildman–Crippen LogP) is 1.74. The molecule has 19 heavy (non-hydrogen) atoms. The van der Waals surface area contributed by atoms with Gasteiger partial charge >= 0.3 is 0 Å². The molecule has 5 heteroatoms. The Kier molecular flexibility index (Phi) is 4.27. The highest BCUT2D eigenvalue weighted by molar-refractivity contribution is 5.92. The molecule has 1 amide bonds. The van der Waals surface area contributed by atoms with Crippen molar-refractivity contribution in [3.05, 3.63) is 18.2 Å². The van der Waals surface area contributed by atoms with Crippen molar-refractivity contribution in [2.24, 2.45) is 0 Å². The first-order valence-corrected chi connectivity index (χ1v) is 6.46. The van der Waals surface area contributed by atoms with E-state index in [1.165, 1.54) is 0 Å². The Morgan fingerprint density at radius 1 is 1.32 bits per heavy atom. The van der Waals surface area contributed by atoms with Crippen LogP contribution in [0.2, 0.25) is 0 Å². The first kappa shape index (κ1) is 13.7. The van der Waals surface area contributed by atoms with Gasteiger partial charge in [-0.2, -0.15) is 0 Å². The van der Waals surface area contributed by atoms with Gasteiger partial charge in [-0.1, -0.05) is 0 Å². The SMILES string of the molecule is CC(C)N(C)CC(=O)Nc1ccc2c(c1)OCCO2. The molecule has 0 aliphatic carbocycles. The molecule has 0 radical (unpaired) electrons. The summed E-state index contributed by atoms with van der Waals surface area (Å²) in [5.41, 5.74) is 0.728. The molecular formula is C14H20N2O3. The number of carbonyl (C=O) groups is 1. The minimum absolute atomic E-state index is 0.0344. The monoisotopic (exact) mass is 264 g/mol. The molecule has 2 rings (SSSR count). The van der Waals surface area contributed by atoms with Crippen LogP contribution in [0.15, 0.2) is 18.2 Å². The van der Waals surface area contributed by atoms with Crippen LogP contribution in [-0.4, -0.2) is 43.7 Å². The minimum atomic E-state index is -0.0344. The molecule has 0 fully saturated rings. The van der Waals surface area contributed by atoms with Gasteiger partial charge in [0, 0.05) is 17.8 Å². The molecule has 104 valence electrons. The highest BCUT2D eigenvalue weighted by atomic mass is 16.6. The first-order valence-electron chi connectivity index (χ1n) is 6.46. The summed E-state index contributed by atoms with van der Waals surface area (Å²) in [6.45, 7) is 5.58. The normalized spacial score (nSPS) is 13.7. The number of ether oxygens (including phenoxy) is 2. The average Bonchev–Trinajstić information content (AvgIpc) is 2.38. The third-order valence-electron chi connectivity index (χ3n) is 3.10. The molecule has 1 aliphatic rings. The van der Waals surface area contributed by atoms with E-state index >= 15 is 0 Å². The van der Waals surface area contributed by atoms with Crippen LogP contribution < -0.4 is 14.8 Å². The largest absolute Gasteiger partial charge is 0.486 e. The Morgan fingerprint density at radius 3 is 2.68 bits per heavy atom. The lowest BCUT2D eigenvalue weighted by atomic mass is 10.2. The Morgan fingerprint density at radius 2 is 2.00 bits per heavy atom. The van der Waals surface area contributed by atoms with Crippen molar-refractivity contribution in [2.75, 3.05) is 32.1 Å². The van der Waals surface area contributed by atoms with Gasteiger partial charge in [-0.05, 0) is 33.0 Å². The summed E-state index contributed by atoms with van der Waals surface area (Å²) < 4.78 is 10.9. The van der Waals surface area contributed by atoms with Crippen molar-refractivity contribution in [1.29, 1.82) is 0 Å². The molecule has 0 saturated carbocycles. The van der Waals surface area contributed by atoms with E-state index in [0.29, 0.717) is 31.5 Å². The van der Waals surface area contributed by atoms with Gasteiger partial charge in [0.05, 0.1) is 6.54 Å². The van der Waals surface area contributed by atoms with E-state index < -0.39 is 0 Å². The first-order chi connectivity index (χ1) is 9.06. The van der Waals surface area contributed by atoms with Gasteiger partial charge in [-0.3, -0.25) is 9.69 Å². The number of hydrogen-bond acceptors (Lipinski definition) is 4. The fourth-order valence-electron chi connectivity index (χ4n) is 1.73. The number of likely N-dealkylation sites (N-methyl/N-ethyl adjacent to an activating group) is 1. The zero-order chi connectivity index (χ0) is 13.8. The third kappa shape index (κ3) is 3.61. The molecular weight excluding hydrogens is 244 g/mol. The summed E-state index contributed by atoms with van der Waals surface area (Å²) in [4.78, 5) is 13.9. The van der Waals surface area contributed by atoms with Crippen molar-refractivity contribution in [1.82, 2.24) is 4.90 Å². The van der Waals surface area contributed by atoms with Gasteiger partial charge < -0.3 is 14.8 Å². The number of nitrogens with zero attached hydrogens (tertiary/aromatic N) is 1. The smallest absolute Gasteiger partial charge is 0.238 e. The number of nitrogens with one attached hydrogen (secondary N) is 1. The zero-order valence-electron chi connectivity index (χ0n) is 11.6. The lowest BCUT2D eigenvalue weighted by molar-refractivity contribution is -0.117. The standard InChI is InChI=1S/C14H20N2O3/c1-10(2)16(3)9-14(17)15-11-4-5-12-13(8-11)19-7-6-18-12/h4-5,8,10H,6-7,9H2,1-3H3,(H,15,17). The van der Waals surface area contributed by atoms with E-state index in [4.69, 9.17) is 9.47 Å². The molecule has 0 atom stereocenters. The maximum atomic E-state index is 11.9. The molecule has 1 aromatic carbocycles. The lowest BCUT2D eigenvalue weighted by Gasteiger charge is -2.21. The Hall–Kier alpha value is -1.75. The van der Waals surface area contributed by atoms with Crippen LogP contribution >= 0.6 is 0 Å². The van der Waals surface area contributed by atoms with Crippen molar-refractivity contribution < 1.29 is 14.3 Å². The molecule has 1 aliphatic heterocycles. The predicted molar refractivity (Wildman–Crippen MR) is 73.8 cm³/mol. The maximum absolute atomic E-state index is 11.9. The summed E-state index contributed by atoms with van der Waals surface area (Å²) in [5.74, 6) is 1.37. The molecule has 0 bridgehead atoms. The van der Waals surface area contributed by atoms with Crippen molar-refractivity contribution >= 4 is 11.6 Å². The summed E-state index contributed by atoms with van der Waals surface area (Å²) >= 11 is 0. The molecule has 0 saturated heterocycles. The van der Waals surface area contributed by atoms with E-state index in [0.717, 1.165) is 11.4 Å². The average molecular weight is 264 g/mol. The van der Waals surface area contributed by atoms with Crippen LogP contribution in [0.5, 0.6) is 11.5 Å². The van der Waals surface area contributed by atoms with Gasteiger partial charge in [-0.15, -0.1) is 0 Å². The second kappa shape index (κ2) is 5.93. The van der Waals surface area contributed by atoms with Crippen LogP contribution in [0.1, 0.15) is 13.8 Å². The fraction of sp³-hybridized carbons (Fsp3) is 0.500. The molecule has 0 unspecified atom stereocenters. The number of hydrogen-bond donors (Lipinski definition) is 1. The van der Waals surface area contributed by atoms with Crippen LogP contribution in [-0.2, 0) is 4.79 Å². The summed E-state index contributed by atoms with van der Waals surface area (Å²) in [7, 11) is 1.92. The fourth-order valence-corrected chi connectivity index (χ4v) is 1.73. The van der Waals surface area contributed by atoms with Crippen LogP contribution in [0.25, 0.3) is 0 Å². The second-order valence-electron chi connectivity index (χ2n) is 4.92. The van der Waals surface area contributed by atoms with E-state index in [1.807, 2.05) is 24.1 Å². The molecule has 0 spiro atoms. The minimum Gasteiger partial charge on any atom is -0.486 e. The summed E-state index contributed by atoms with van der Waals surface area (Å²) in [5, 5.41) is 2.86. The molecule has 0 aromatic heterocycles. The molecule has 1 aromatic rings. The van der Waals surface area contributed by atoms with Gasteiger partial charge in [0.1, 0.15) is 13.2 Å². The Bertz CT molecular complexity index is 460. The van der Waals surface area contributed by atoms with E-state index in [9.17, 15) is 4.79 Å². The number of anilines is 1. The quantitative estimate of drug-likeness (QED) is 0.900. The number of rotatable bonds is 4. The maximum Gasteiger partial charge on any atom is 0.238 e. The molecule has 1 N–H and O–H groups in total. The van der Waals surface area contributed by atoms with Crippen LogP contribution in [0.3, 0.4) is 0 Å². The number of fused-ring (bicyclic) bond motifs is 1. The number of carbonyl (C=O) groups excluding carboxylic acids is 1. The summed E-state index contributed by atoms with van der Waals surface area (Å²) in [6, 6.07) is 5.77. The zero-order valence-corrected chi connectivity index (χ0v) is 11.6. The van der Waals surface area contributed by atoms with Crippen LogP contribution in [0, 0.1) is 0 Å². The van der Waals surface area contributed by atoms with Gasteiger partial charge in [0.2, 0.25) is 5.91 Å². The van der Waals surface area contributed by atoms with Crippen molar-refractivity contribution in [3.63, 3.8) is 0 Å². The third-order valence-corrected chi connectivity index (χ3v) is 3.10. The number of amides is 1. The summed E-state index contributed by atoms with van der Waals surface area (Å²) in [6.07, 6.45) is 0. The highest BCUT2D eigenvalue weighted by Crippen LogP contribution is 2.32. The molecule has 1 heterocycles. The Balaban J connectivity index is 1.97. The van der Waals surface area contributed by atoms with E-state index in [2.05, 4.69) is 19.2 Å². The van der Waals surface area contributed by atoms with Crippen LogP contribution in [0.4, 0.5) is 5.69 Å². The van der Waals surface area contributed by atoms with Gasteiger partial charge in [0.15, 0.2) is 11.5 Å². The number of benzene rings is 1. The Labute approximate surface area is 113 Å². The lowest BCUT2D eigenvalue weighted by Crippen LogP contribution is -2.34. The van der Waals surface area contributed by atoms with Crippen molar-refractivity contribution in [2.45, 2.75) is 19.9 Å². The van der Waals surface area contributed by atoms with Gasteiger partial charge in [-0.25, -0.2) is 0 Å². The highest BCUT2D eigenvalue weighted by Gasteiger charge is 2.14. The topological polar surface area (TPSA) is 50.8 Å². The van der Waals surface area contributed by atoms with E-state index in [1.54, 1.807) is 6.07 Å². The van der Waals surface area contributed by atoms with E-state index in [-0.39, 0.29) is 5.91 Å².